The summed E-state index contributed by atoms with van der Waals surface area (Å²) in [4.78, 5) is 2.44. The van der Waals surface area contributed by atoms with Crippen molar-refractivity contribution >= 4 is 0 Å². The highest BCUT2D eigenvalue weighted by molar-refractivity contribution is 4.79. The van der Waals surface area contributed by atoms with Crippen molar-refractivity contribution in [3.8, 4) is 0 Å². The molecule has 0 bridgehead atoms. The van der Waals surface area contributed by atoms with E-state index in [1.165, 1.54) is 77.0 Å². The van der Waals surface area contributed by atoms with Crippen molar-refractivity contribution in [3.63, 3.8) is 0 Å². The molecule has 3 heteroatoms. The molecule has 0 radical (unpaired) electrons. The highest BCUT2D eigenvalue weighted by Crippen LogP contribution is 2.12. The molecule has 2 unspecified atom stereocenters. The summed E-state index contributed by atoms with van der Waals surface area (Å²) >= 11 is 0. The molecule has 0 aromatic heterocycles. The lowest BCUT2D eigenvalue weighted by atomic mass is 10.1. The van der Waals surface area contributed by atoms with Gasteiger partial charge >= 0.3 is 0 Å². The minimum Gasteiger partial charge on any atom is -0.327 e. The summed E-state index contributed by atoms with van der Waals surface area (Å²) in [6.45, 7) is 9.45. The monoisotopic (exact) mass is 353 g/mol. The Balaban J connectivity index is 3.37. The van der Waals surface area contributed by atoms with E-state index < -0.39 is 0 Å². The zero-order chi connectivity index (χ0) is 18.8. The van der Waals surface area contributed by atoms with Crippen molar-refractivity contribution in [3.05, 3.63) is 12.2 Å². The third-order valence-corrected chi connectivity index (χ3v) is 4.59. The topological polar surface area (TPSA) is 55.3 Å². The number of nitrogens with two attached hydrogens (primary N) is 2. The smallest absolute Gasteiger partial charge is 0.0139 e. The first-order valence-electron chi connectivity index (χ1n) is 10.9. The lowest BCUT2D eigenvalue weighted by molar-refractivity contribution is 0.244. The summed E-state index contributed by atoms with van der Waals surface area (Å²) in [6, 6.07) is 0.475. The summed E-state index contributed by atoms with van der Waals surface area (Å²) in [6.07, 6.45) is 20.9. The van der Waals surface area contributed by atoms with Gasteiger partial charge in [0, 0.05) is 25.2 Å². The molecule has 0 rings (SSSR count). The van der Waals surface area contributed by atoms with Crippen molar-refractivity contribution in [2.75, 3.05) is 19.6 Å². The third-order valence-electron chi connectivity index (χ3n) is 4.59. The van der Waals surface area contributed by atoms with Crippen LogP contribution in [0.5, 0.6) is 0 Å². The molecule has 0 spiro atoms. The first kappa shape index (κ1) is 24.6. The molecule has 3 nitrogen and oxygen atoms in total. The Bertz CT molecular complexity index is 277. The number of hydrogen-bond acceptors (Lipinski definition) is 3. The standard InChI is InChI=1S/C22H47N3/c1-4-5-6-7-8-9-10-11-12-13-14-15-16-17-18-25(19-21(2)23)20-22(3)24/h5-6,21-22H,4,7-20,23-24H2,1-3H3/b6-5+. The maximum atomic E-state index is 5.93. The van der Waals surface area contributed by atoms with Gasteiger partial charge in [-0.2, -0.15) is 0 Å². The van der Waals surface area contributed by atoms with Crippen LogP contribution < -0.4 is 11.5 Å². The van der Waals surface area contributed by atoms with Gasteiger partial charge < -0.3 is 16.4 Å². The molecule has 0 aromatic carbocycles. The Kier molecular flexibility index (Phi) is 18.1. The van der Waals surface area contributed by atoms with Gasteiger partial charge in [-0.25, -0.2) is 0 Å². The minimum atomic E-state index is 0.237. The van der Waals surface area contributed by atoms with Crippen LogP contribution in [0.2, 0.25) is 0 Å². The highest BCUT2D eigenvalue weighted by Gasteiger charge is 2.09. The Labute approximate surface area is 158 Å². The van der Waals surface area contributed by atoms with Crippen molar-refractivity contribution < 1.29 is 0 Å². The van der Waals surface area contributed by atoms with Gasteiger partial charge in [-0.05, 0) is 46.1 Å². The molecule has 0 aliphatic rings. The molecule has 25 heavy (non-hydrogen) atoms. The van der Waals surface area contributed by atoms with E-state index in [1.54, 1.807) is 0 Å². The van der Waals surface area contributed by atoms with Crippen LogP contribution in [0.3, 0.4) is 0 Å². The Morgan fingerprint density at radius 3 is 1.56 bits per heavy atom. The van der Waals surface area contributed by atoms with Gasteiger partial charge in [0.25, 0.3) is 0 Å². The molecule has 150 valence electrons. The zero-order valence-electron chi connectivity index (χ0n) is 17.5. The molecular formula is C22H47N3. The molecule has 0 aliphatic carbocycles. The highest BCUT2D eigenvalue weighted by atomic mass is 15.1. The van der Waals surface area contributed by atoms with Crippen molar-refractivity contribution in [2.24, 2.45) is 11.5 Å². The number of nitrogens with zero attached hydrogens (tertiary/aromatic N) is 1. The van der Waals surface area contributed by atoms with Crippen LogP contribution in [-0.2, 0) is 0 Å². The summed E-state index contributed by atoms with van der Waals surface area (Å²) in [7, 11) is 0. The molecule has 0 amide bonds. The van der Waals surface area contributed by atoms with Crippen LogP contribution in [0.4, 0.5) is 0 Å². The van der Waals surface area contributed by atoms with E-state index in [4.69, 9.17) is 11.5 Å². The van der Waals surface area contributed by atoms with Crippen LogP contribution in [-0.4, -0.2) is 36.6 Å². The van der Waals surface area contributed by atoms with Crippen LogP contribution in [0, 0.1) is 0 Å². The van der Waals surface area contributed by atoms with Crippen molar-refractivity contribution in [1.29, 1.82) is 0 Å². The Morgan fingerprint density at radius 2 is 1.12 bits per heavy atom. The van der Waals surface area contributed by atoms with E-state index in [-0.39, 0.29) is 12.1 Å². The second-order valence-electron chi connectivity index (χ2n) is 7.92. The normalized spacial score (nSPS) is 14.5. The Hall–Kier alpha value is -0.380. The van der Waals surface area contributed by atoms with E-state index in [0.717, 1.165) is 19.6 Å². The summed E-state index contributed by atoms with van der Waals surface area (Å²) in [5.41, 5.74) is 11.9. The van der Waals surface area contributed by atoms with E-state index in [2.05, 4.69) is 37.8 Å². The van der Waals surface area contributed by atoms with E-state index in [1.807, 2.05) is 0 Å². The SMILES string of the molecule is CC/C=C/CCCCCCCCCCCCN(CC(C)N)CC(C)N. The molecule has 0 heterocycles. The molecule has 0 fully saturated rings. The first-order valence-corrected chi connectivity index (χ1v) is 10.9. The number of unbranched alkanes of at least 4 members (excludes halogenated alkanes) is 10. The van der Waals surface area contributed by atoms with Gasteiger partial charge in [-0.3, -0.25) is 0 Å². The van der Waals surface area contributed by atoms with Crippen molar-refractivity contribution in [1.82, 2.24) is 4.90 Å². The fourth-order valence-electron chi connectivity index (χ4n) is 3.37. The van der Waals surface area contributed by atoms with Crippen LogP contribution in [0.1, 0.15) is 97.8 Å². The van der Waals surface area contributed by atoms with E-state index in [0.29, 0.717) is 0 Å². The van der Waals surface area contributed by atoms with Crippen LogP contribution >= 0.6 is 0 Å². The molecule has 0 aliphatic heterocycles. The number of hydrogen-bond donors (Lipinski definition) is 2. The van der Waals surface area contributed by atoms with Crippen LogP contribution in [0.15, 0.2) is 12.2 Å². The molecule has 2 atom stereocenters. The maximum Gasteiger partial charge on any atom is 0.0139 e. The fraction of sp³-hybridized carbons (Fsp3) is 0.909. The Morgan fingerprint density at radius 1 is 0.680 bits per heavy atom. The van der Waals surface area contributed by atoms with Gasteiger partial charge in [0.15, 0.2) is 0 Å². The predicted octanol–water partition coefficient (Wildman–Crippen LogP) is 5.24. The quantitative estimate of drug-likeness (QED) is 0.262. The van der Waals surface area contributed by atoms with Gasteiger partial charge in [0.05, 0.1) is 0 Å². The second-order valence-corrected chi connectivity index (χ2v) is 7.92. The zero-order valence-corrected chi connectivity index (χ0v) is 17.5. The molecular weight excluding hydrogens is 306 g/mol. The summed E-state index contributed by atoms with van der Waals surface area (Å²) in [5, 5.41) is 0. The number of rotatable bonds is 18. The van der Waals surface area contributed by atoms with Gasteiger partial charge in [-0.1, -0.05) is 70.4 Å². The molecule has 0 saturated heterocycles. The fourth-order valence-corrected chi connectivity index (χ4v) is 3.37. The maximum absolute atomic E-state index is 5.93. The molecule has 0 saturated carbocycles. The lowest BCUT2D eigenvalue weighted by Crippen LogP contribution is -2.42. The van der Waals surface area contributed by atoms with Gasteiger partial charge in [-0.15, -0.1) is 0 Å². The van der Waals surface area contributed by atoms with Gasteiger partial charge in [0.1, 0.15) is 0 Å². The largest absolute Gasteiger partial charge is 0.327 e. The van der Waals surface area contributed by atoms with Gasteiger partial charge in [0.2, 0.25) is 0 Å². The predicted molar refractivity (Wildman–Crippen MR) is 114 cm³/mol. The summed E-state index contributed by atoms with van der Waals surface area (Å²) < 4.78 is 0. The molecule has 0 aromatic rings. The third kappa shape index (κ3) is 19.8. The summed E-state index contributed by atoms with van der Waals surface area (Å²) in [5.74, 6) is 0. The number of allylic oxidation sites excluding steroid dienone is 2. The van der Waals surface area contributed by atoms with Crippen molar-refractivity contribution in [2.45, 2.75) is 110 Å². The average Bonchev–Trinajstić information content (AvgIpc) is 2.54. The minimum absolute atomic E-state index is 0.237. The lowest BCUT2D eigenvalue weighted by Gasteiger charge is -2.25. The van der Waals surface area contributed by atoms with E-state index in [9.17, 15) is 0 Å². The average molecular weight is 354 g/mol. The first-order chi connectivity index (χ1) is 12.1. The second kappa shape index (κ2) is 18.4. The molecule has 4 N–H and O–H groups in total. The van der Waals surface area contributed by atoms with Crippen LogP contribution in [0.25, 0.3) is 0 Å². The van der Waals surface area contributed by atoms with E-state index >= 15 is 0 Å².